The summed E-state index contributed by atoms with van der Waals surface area (Å²) in [7, 11) is -1.62. The number of hydrogen-bond acceptors (Lipinski definition) is 1. The maximum Gasteiger partial charge on any atom is 0.249 e. The van der Waals surface area contributed by atoms with E-state index < -0.39 is 8.32 Å². The lowest BCUT2D eigenvalue weighted by atomic mass is 9.98. The van der Waals surface area contributed by atoms with Crippen molar-refractivity contribution < 1.29 is 4.43 Å². The van der Waals surface area contributed by atoms with Gasteiger partial charge in [-0.1, -0.05) is 60.3 Å². The zero-order valence-electron chi connectivity index (χ0n) is 14.4. The molecule has 0 aromatic heterocycles. The fourth-order valence-electron chi connectivity index (χ4n) is 1.77. The van der Waals surface area contributed by atoms with Crippen LogP contribution in [-0.4, -0.2) is 8.32 Å². The van der Waals surface area contributed by atoms with E-state index >= 15 is 0 Å². The maximum atomic E-state index is 6.11. The summed E-state index contributed by atoms with van der Waals surface area (Å²) >= 11 is 0. The van der Waals surface area contributed by atoms with E-state index in [1.165, 1.54) is 38.5 Å². The van der Waals surface area contributed by atoms with Gasteiger partial charge in [0.25, 0.3) is 0 Å². The van der Waals surface area contributed by atoms with Gasteiger partial charge in [0, 0.05) is 0 Å². The van der Waals surface area contributed by atoms with Crippen molar-refractivity contribution in [2.75, 3.05) is 0 Å². The quantitative estimate of drug-likeness (QED) is 0.266. The van der Waals surface area contributed by atoms with Crippen LogP contribution in [0.2, 0.25) is 18.1 Å². The van der Waals surface area contributed by atoms with Gasteiger partial charge >= 0.3 is 0 Å². The van der Waals surface area contributed by atoms with E-state index in [9.17, 15) is 0 Å². The summed E-state index contributed by atoms with van der Waals surface area (Å²) < 4.78 is 6.11. The summed E-state index contributed by atoms with van der Waals surface area (Å²) in [5, 5.41) is 0.292. The molecule has 0 N–H and O–H groups in total. The molecule has 19 heavy (non-hydrogen) atoms. The van der Waals surface area contributed by atoms with Gasteiger partial charge in [-0.05, 0) is 43.0 Å². The minimum atomic E-state index is -1.62. The van der Waals surface area contributed by atoms with Crippen molar-refractivity contribution in [3.8, 4) is 0 Å². The molecule has 114 valence electrons. The molecule has 0 aliphatic heterocycles. The Morgan fingerprint density at radius 2 is 1.68 bits per heavy atom. The van der Waals surface area contributed by atoms with E-state index in [0.29, 0.717) is 11.0 Å². The summed E-state index contributed by atoms with van der Waals surface area (Å²) in [6, 6.07) is 0. The van der Waals surface area contributed by atoms with E-state index in [2.05, 4.69) is 53.8 Å². The summed E-state index contributed by atoms with van der Waals surface area (Å²) in [4.78, 5) is 0. The van der Waals surface area contributed by atoms with E-state index in [0.717, 1.165) is 0 Å². The van der Waals surface area contributed by atoms with Crippen LogP contribution in [-0.2, 0) is 4.43 Å². The minimum Gasteiger partial charge on any atom is -0.549 e. The Kier molecular flexibility index (Phi) is 8.72. The highest BCUT2D eigenvalue weighted by Gasteiger charge is 2.37. The Labute approximate surface area is 123 Å². The lowest BCUT2D eigenvalue weighted by Gasteiger charge is -2.35. The van der Waals surface area contributed by atoms with Crippen molar-refractivity contribution >= 4 is 8.32 Å². The van der Waals surface area contributed by atoms with Crippen molar-refractivity contribution in [3.05, 3.63) is 12.3 Å². The first-order chi connectivity index (χ1) is 8.74. The second-order valence-corrected chi connectivity index (χ2v) is 12.0. The lowest BCUT2D eigenvalue weighted by Crippen LogP contribution is -2.39. The average molecular weight is 285 g/mol. The highest BCUT2D eigenvalue weighted by Crippen LogP contribution is 2.36. The second kappa shape index (κ2) is 8.83. The third kappa shape index (κ3) is 7.81. The van der Waals surface area contributed by atoms with Crippen LogP contribution in [0.1, 0.15) is 73.1 Å². The van der Waals surface area contributed by atoms with Gasteiger partial charge in [0.15, 0.2) is 0 Å². The van der Waals surface area contributed by atoms with E-state index in [1.54, 1.807) is 0 Å². The van der Waals surface area contributed by atoms with Crippen molar-refractivity contribution in [2.24, 2.45) is 5.92 Å². The summed E-state index contributed by atoms with van der Waals surface area (Å²) in [6.07, 6.45) is 12.3. The zero-order chi connectivity index (χ0) is 14.9. The van der Waals surface area contributed by atoms with Gasteiger partial charge < -0.3 is 4.43 Å². The predicted octanol–water partition coefficient (Wildman–Crippen LogP) is 6.52. The van der Waals surface area contributed by atoms with Crippen LogP contribution in [0.15, 0.2) is 12.3 Å². The van der Waals surface area contributed by atoms with Crippen LogP contribution >= 0.6 is 0 Å². The molecule has 0 aromatic rings. The Balaban J connectivity index is 4.13. The molecule has 0 aliphatic rings. The zero-order valence-corrected chi connectivity index (χ0v) is 15.4. The average Bonchev–Trinajstić information content (AvgIpc) is 2.30. The van der Waals surface area contributed by atoms with Gasteiger partial charge in [-0.3, -0.25) is 0 Å². The molecule has 0 bridgehead atoms. The molecule has 1 nitrogen and oxygen atoms in total. The Hall–Kier alpha value is -0.243. The largest absolute Gasteiger partial charge is 0.549 e. The molecule has 0 saturated carbocycles. The third-order valence-electron chi connectivity index (χ3n) is 4.47. The fraction of sp³-hybridized carbons (Fsp3) is 0.882. The minimum absolute atomic E-state index is 0.292. The van der Waals surface area contributed by atoms with Crippen LogP contribution in [0, 0.1) is 5.92 Å². The first-order valence-corrected chi connectivity index (χ1v) is 11.0. The molecular formula is C17H36OSi. The highest BCUT2D eigenvalue weighted by molar-refractivity contribution is 6.74. The molecule has 0 radical (unpaired) electrons. The first kappa shape index (κ1) is 18.8. The van der Waals surface area contributed by atoms with Crippen molar-refractivity contribution in [3.63, 3.8) is 0 Å². The first-order valence-electron chi connectivity index (χ1n) is 8.09. The summed E-state index contributed by atoms with van der Waals surface area (Å²) in [5.74, 6) is 0.696. The van der Waals surface area contributed by atoms with Gasteiger partial charge in [0.05, 0.1) is 6.26 Å². The van der Waals surface area contributed by atoms with E-state index in [-0.39, 0.29) is 0 Å². The molecule has 0 spiro atoms. The summed E-state index contributed by atoms with van der Waals surface area (Å²) in [5.41, 5.74) is 0. The number of allylic oxidation sites excluding steroid dienone is 1. The van der Waals surface area contributed by atoms with Crippen LogP contribution in [0.5, 0.6) is 0 Å². The van der Waals surface area contributed by atoms with Crippen LogP contribution < -0.4 is 0 Å². The Morgan fingerprint density at radius 1 is 1.05 bits per heavy atom. The molecule has 2 heteroatoms. The van der Waals surface area contributed by atoms with E-state index in [4.69, 9.17) is 4.43 Å². The van der Waals surface area contributed by atoms with Gasteiger partial charge in [-0.25, -0.2) is 0 Å². The smallest absolute Gasteiger partial charge is 0.249 e. The standard InChI is InChI=1S/C17H36OSi/c1-8-10-11-12-13-16(9-2)14-15-18-19(6,7)17(3,4)5/h14-16H,8-13H2,1-7H3/b15-14+. The normalized spacial score (nSPS) is 14.9. The SMILES string of the molecule is CCCCCCC(/C=C/O[Si](C)(C)C(C)(C)C)CC. The molecule has 0 rings (SSSR count). The lowest BCUT2D eigenvalue weighted by molar-refractivity contribution is 0.419. The molecule has 1 unspecified atom stereocenters. The number of rotatable bonds is 9. The van der Waals surface area contributed by atoms with Crippen LogP contribution in [0.3, 0.4) is 0 Å². The third-order valence-corrected chi connectivity index (χ3v) is 8.81. The Morgan fingerprint density at radius 3 is 2.16 bits per heavy atom. The molecule has 0 amide bonds. The number of hydrogen-bond donors (Lipinski definition) is 0. The monoisotopic (exact) mass is 284 g/mol. The highest BCUT2D eigenvalue weighted by atomic mass is 28.4. The van der Waals surface area contributed by atoms with Gasteiger partial charge in [0.2, 0.25) is 8.32 Å². The van der Waals surface area contributed by atoms with Gasteiger partial charge in [-0.2, -0.15) is 0 Å². The summed E-state index contributed by atoms with van der Waals surface area (Å²) in [6.45, 7) is 16.0. The van der Waals surface area contributed by atoms with Crippen molar-refractivity contribution in [1.82, 2.24) is 0 Å². The van der Waals surface area contributed by atoms with Gasteiger partial charge in [-0.15, -0.1) is 0 Å². The van der Waals surface area contributed by atoms with Crippen LogP contribution in [0.25, 0.3) is 0 Å². The topological polar surface area (TPSA) is 9.23 Å². The molecule has 0 saturated heterocycles. The molecule has 0 heterocycles. The molecular weight excluding hydrogens is 248 g/mol. The molecule has 0 aromatic carbocycles. The fourth-order valence-corrected chi connectivity index (χ4v) is 2.54. The Bertz CT molecular complexity index is 250. The predicted molar refractivity (Wildman–Crippen MR) is 90.0 cm³/mol. The molecule has 0 aliphatic carbocycles. The number of unbranched alkanes of at least 4 members (excludes halogenated alkanes) is 3. The second-order valence-electron chi connectivity index (χ2n) is 7.22. The molecule has 1 atom stereocenters. The van der Waals surface area contributed by atoms with Crippen molar-refractivity contribution in [2.45, 2.75) is 91.3 Å². The maximum absolute atomic E-state index is 6.11. The van der Waals surface area contributed by atoms with Crippen LogP contribution in [0.4, 0.5) is 0 Å². The van der Waals surface area contributed by atoms with E-state index in [1.807, 2.05) is 6.26 Å². The molecule has 0 fully saturated rings. The van der Waals surface area contributed by atoms with Crippen molar-refractivity contribution in [1.29, 1.82) is 0 Å². The van der Waals surface area contributed by atoms with Gasteiger partial charge in [0.1, 0.15) is 0 Å².